The zero-order valence-electron chi connectivity index (χ0n) is 11.2. The van der Waals surface area contributed by atoms with E-state index < -0.39 is 5.82 Å². The van der Waals surface area contributed by atoms with Crippen LogP contribution < -0.4 is 0 Å². The molecule has 1 amide bonds. The Labute approximate surface area is 132 Å². The molecular weight excluding hydrogens is 345 g/mol. The molecule has 1 aromatic carbocycles. The summed E-state index contributed by atoms with van der Waals surface area (Å²) in [6, 6.07) is 4.52. The summed E-state index contributed by atoms with van der Waals surface area (Å²) in [4.78, 5) is 14.2. The second kappa shape index (κ2) is 7.41. The minimum Gasteiger partial charge on any atom is -0.342 e. The SMILES string of the molecule is O=C(Cc1c(F)cccc1Cl)N1CCCC(CCBr)C1. The van der Waals surface area contributed by atoms with Crippen molar-refractivity contribution in [3.8, 4) is 0 Å². The van der Waals surface area contributed by atoms with Crippen LogP contribution in [0.1, 0.15) is 24.8 Å². The summed E-state index contributed by atoms with van der Waals surface area (Å²) in [5.74, 6) is 0.110. The van der Waals surface area contributed by atoms with Crippen LogP contribution in [-0.4, -0.2) is 29.2 Å². The summed E-state index contributed by atoms with van der Waals surface area (Å²) >= 11 is 9.42. The Kier molecular flexibility index (Phi) is 5.85. The minimum atomic E-state index is -0.403. The van der Waals surface area contributed by atoms with E-state index in [0.29, 0.717) is 16.5 Å². The van der Waals surface area contributed by atoms with E-state index in [2.05, 4.69) is 15.9 Å². The molecule has 1 aliphatic heterocycles. The molecule has 2 nitrogen and oxygen atoms in total. The normalized spacial score (nSPS) is 19.1. The van der Waals surface area contributed by atoms with Crippen molar-refractivity contribution in [2.24, 2.45) is 5.92 Å². The van der Waals surface area contributed by atoms with Gasteiger partial charge in [0.05, 0.1) is 6.42 Å². The molecule has 110 valence electrons. The first-order valence-corrected chi connectivity index (χ1v) is 8.38. The fraction of sp³-hybridized carbons (Fsp3) is 0.533. The first-order chi connectivity index (χ1) is 9.61. The number of hydrogen-bond donors (Lipinski definition) is 0. The van der Waals surface area contributed by atoms with Gasteiger partial charge in [0, 0.05) is 29.0 Å². The molecule has 0 aliphatic carbocycles. The van der Waals surface area contributed by atoms with Crippen molar-refractivity contribution in [2.45, 2.75) is 25.7 Å². The molecule has 1 heterocycles. The van der Waals surface area contributed by atoms with E-state index in [4.69, 9.17) is 11.6 Å². The van der Waals surface area contributed by atoms with Crippen LogP contribution in [0.2, 0.25) is 5.02 Å². The summed E-state index contributed by atoms with van der Waals surface area (Å²) in [5.41, 5.74) is 0.307. The number of carbonyl (C=O) groups excluding carboxylic acids is 1. The molecule has 0 aromatic heterocycles. The van der Waals surface area contributed by atoms with Gasteiger partial charge in [0.25, 0.3) is 0 Å². The van der Waals surface area contributed by atoms with E-state index in [-0.39, 0.29) is 12.3 Å². The fourth-order valence-corrected chi connectivity index (χ4v) is 3.52. The van der Waals surface area contributed by atoms with Gasteiger partial charge in [-0.3, -0.25) is 4.79 Å². The summed E-state index contributed by atoms with van der Waals surface area (Å²) in [5, 5.41) is 1.28. The molecule has 1 atom stereocenters. The monoisotopic (exact) mass is 361 g/mol. The Balaban J connectivity index is 2.01. The van der Waals surface area contributed by atoms with Gasteiger partial charge in [-0.15, -0.1) is 0 Å². The highest BCUT2D eigenvalue weighted by atomic mass is 79.9. The minimum absolute atomic E-state index is 0.0312. The van der Waals surface area contributed by atoms with Gasteiger partial charge in [-0.1, -0.05) is 33.6 Å². The lowest BCUT2D eigenvalue weighted by Crippen LogP contribution is -2.41. The highest BCUT2D eigenvalue weighted by Crippen LogP contribution is 2.23. The van der Waals surface area contributed by atoms with E-state index in [0.717, 1.165) is 37.7 Å². The van der Waals surface area contributed by atoms with E-state index in [1.165, 1.54) is 6.07 Å². The number of amides is 1. The predicted octanol–water partition coefficient (Wildman–Crippen LogP) is 4.05. The molecule has 0 saturated carbocycles. The van der Waals surface area contributed by atoms with Crippen molar-refractivity contribution in [3.05, 3.63) is 34.6 Å². The van der Waals surface area contributed by atoms with Gasteiger partial charge in [-0.05, 0) is 37.3 Å². The van der Waals surface area contributed by atoms with Crippen LogP contribution in [0.25, 0.3) is 0 Å². The number of rotatable bonds is 4. The first-order valence-electron chi connectivity index (χ1n) is 6.88. The van der Waals surface area contributed by atoms with Crippen LogP contribution in [0.5, 0.6) is 0 Å². The summed E-state index contributed by atoms with van der Waals surface area (Å²) in [6.07, 6.45) is 3.31. The largest absolute Gasteiger partial charge is 0.342 e. The van der Waals surface area contributed by atoms with Crippen LogP contribution in [0, 0.1) is 11.7 Å². The number of piperidine rings is 1. The van der Waals surface area contributed by atoms with Crippen LogP contribution in [0.3, 0.4) is 0 Å². The Bertz CT molecular complexity index is 461. The van der Waals surface area contributed by atoms with Crippen LogP contribution in [0.15, 0.2) is 18.2 Å². The van der Waals surface area contributed by atoms with Gasteiger partial charge >= 0.3 is 0 Å². The van der Waals surface area contributed by atoms with Gasteiger partial charge < -0.3 is 4.90 Å². The lowest BCUT2D eigenvalue weighted by Gasteiger charge is -2.32. The van der Waals surface area contributed by atoms with E-state index >= 15 is 0 Å². The lowest BCUT2D eigenvalue weighted by atomic mass is 9.95. The highest BCUT2D eigenvalue weighted by Gasteiger charge is 2.24. The molecule has 5 heteroatoms. The third kappa shape index (κ3) is 3.95. The number of carbonyl (C=O) groups is 1. The number of alkyl halides is 1. The second-order valence-electron chi connectivity index (χ2n) is 5.20. The number of hydrogen-bond acceptors (Lipinski definition) is 1. The van der Waals surface area contributed by atoms with Crippen molar-refractivity contribution >= 4 is 33.4 Å². The molecule has 0 bridgehead atoms. The van der Waals surface area contributed by atoms with Gasteiger partial charge in [0.15, 0.2) is 0 Å². The fourth-order valence-electron chi connectivity index (χ4n) is 2.65. The topological polar surface area (TPSA) is 20.3 Å². The van der Waals surface area contributed by atoms with Crippen molar-refractivity contribution < 1.29 is 9.18 Å². The maximum absolute atomic E-state index is 13.7. The standard InChI is InChI=1S/C15H18BrClFNO/c16-7-6-11-3-2-8-19(10-11)15(20)9-12-13(17)4-1-5-14(12)18/h1,4-5,11H,2-3,6-10H2. The molecule has 2 rings (SSSR count). The molecule has 20 heavy (non-hydrogen) atoms. The van der Waals surface area contributed by atoms with Crippen molar-refractivity contribution in [1.82, 2.24) is 4.90 Å². The molecule has 0 spiro atoms. The number of likely N-dealkylation sites (tertiary alicyclic amines) is 1. The van der Waals surface area contributed by atoms with E-state index in [9.17, 15) is 9.18 Å². The molecular formula is C15H18BrClFNO. The summed E-state index contributed by atoms with van der Waals surface area (Å²) in [7, 11) is 0. The molecule has 1 unspecified atom stereocenters. The molecule has 1 saturated heterocycles. The van der Waals surface area contributed by atoms with Crippen LogP contribution in [0.4, 0.5) is 4.39 Å². The maximum Gasteiger partial charge on any atom is 0.227 e. The highest BCUT2D eigenvalue weighted by molar-refractivity contribution is 9.09. The first kappa shape index (κ1) is 15.8. The predicted molar refractivity (Wildman–Crippen MR) is 82.8 cm³/mol. The van der Waals surface area contributed by atoms with E-state index in [1.807, 2.05) is 4.90 Å². The smallest absolute Gasteiger partial charge is 0.227 e. The molecule has 1 fully saturated rings. The third-order valence-corrected chi connectivity index (χ3v) is 4.59. The maximum atomic E-state index is 13.7. The third-order valence-electron chi connectivity index (χ3n) is 3.78. The summed E-state index contributed by atoms with van der Waals surface area (Å²) < 4.78 is 13.7. The molecule has 0 N–H and O–H groups in total. The zero-order chi connectivity index (χ0) is 14.5. The van der Waals surface area contributed by atoms with Gasteiger partial charge in [0.2, 0.25) is 5.91 Å². The average molecular weight is 363 g/mol. The molecule has 1 aromatic rings. The van der Waals surface area contributed by atoms with Crippen molar-refractivity contribution in [3.63, 3.8) is 0 Å². The Morgan fingerprint density at radius 2 is 2.30 bits per heavy atom. The lowest BCUT2D eigenvalue weighted by molar-refractivity contribution is -0.132. The average Bonchev–Trinajstić information content (AvgIpc) is 2.43. The van der Waals surface area contributed by atoms with Crippen molar-refractivity contribution in [1.29, 1.82) is 0 Å². The van der Waals surface area contributed by atoms with E-state index in [1.54, 1.807) is 12.1 Å². The van der Waals surface area contributed by atoms with Gasteiger partial charge in [-0.2, -0.15) is 0 Å². The summed E-state index contributed by atoms with van der Waals surface area (Å²) in [6.45, 7) is 1.54. The van der Waals surface area contributed by atoms with Gasteiger partial charge in [0.1, 0.15) is 5.82 Å². The van der Waals surface area contributed by atoms with Crippen molar-refractivity contribution in [2.75, 3.05) is 18.4 Å². The quantitative estimate of drug-likeness (QED) is 0.740. The second-order valence-corrected chi connectivity index (χ2v) is 6.40. The van der Waals surface area contributed by atoms with Crippen LogP contribution >= 0.6 is 27.5 Å². The van der Waals surface area contributed by atoms with Gasteiger partial charge in [-0.25, -0.2) is 4.39 Å². The Morgan fingerprint density at radius 3 is 3.00 bits per heavy atom. The zero-order valence-corrected chi connectivity index (χ0v) is 13.6. The Morgan fingerprint density at radius 1 is 1.50 bits per heavy atom. The number of halogens is 3. The Hall–Kier alpha value is -0.610. The number of nitrogens with zero attached hydrogens (tertiary/aromatic N) is 1. The molecule has 0 radical (unpaired) electrons. The number of benzene rings is 1. The molecule has 1 aliphatic rings. The van der Waals surface area contributed by atoms with Crippen LogP contribution in [-0.2, 0) is 11.2 Å².